The Balaban J connectivity index is 1.82. The SMILES string of the molecule is NC(=O)COCCCCCN1CCNCC1. The van der Waals surface area contributed by atoms with Gasteiger partial charge in [-0.3, -0.25) is 4.79 Å². The van der Waals surface area contributed by atoms with Gasteiger partial charge in [-0.25, -0.2) is 0 Å². The highest BCUT2D eigenvalue weighted by atomic mass is 16.5. The lowest BCUT2D eigenvalue weighted by Crippen LogP contribution is -2.43. The van der Waals surface area contributed by atoms with Gasteiger partial charge in [0.15, 0.2) is 0 Å². The van der Waals surface area contributed by atoms with E-state index in [4.69, 9.17) is 10.5 Å². The van der Waals surface area contributed by atoms with Gasteiger partial charge < -0.3 is 20.7 Å². The van der Waals surface area contributed by atoms with E-state index >= 15 is 0 Å². The predicted octanol–water partition coefficient (Wildman–Crippen LogP) is -0.436. The number of piperazine rings is 1. The summed E-state index contributed by atoms with van der Waals surface area (Å²) in [4.78, 5) is 12.9. The van der Waals surface area contributed by atoms with E-state index in [-0.39, 0.29) is 12.5 Å². The molecule has 1 amide bonds. The van der Waals surface area contributed by atoms with Crippen LogP contribution in [0.1, 0.15) is 19.3 Å². The van der Waals surface area contributed by atoms with Crippen LogP contribution in [-0.2, 0) is 9.53 Å². The third kappa shape index (κ3) is 6.76. The molecule has 94 valence electrons. The summed E-state index contributed by atoms with van der Waals surface area (Å²) in [6.45, 7) is 6.43. The molecule has 0 aromatic rings. The molecule has 0 spiro atoms. The van der Waals surface area contributed by atoms with Gasteiger partial charge in [0.2, 0.25) is 5.91 Å². The predicted molar refractivity (Wildman–Crippen MR) is 63.2 cm³/mol. The second-order valence-corrected chi connectivity index (χ2v) is 4.17. The van der Waals surface area contributed by atoms with E-state index in [0.717, 1.165) is 39.0 Å². The van der Waals surface area contributed by atoms with Crippen molar-refractivity contribution >= 4 is 5.91 Å². The smallest absolute Gasteiger partial charge is 0.243 e. The number of nitrogens with zero attached hydrogens (tertiary/aromatic N) is 1. The highest BCUT2D eigenvalue weighted by Crippen LogP contribution is 2.00. The van der Waals surface area contributed by atoms with E-state index in [2.05, 4.69) is 10.2 Å². The average molecular weight is 229 g/mol. The van der Waals surface area contributed by atoms with Gasteiger partial charge in [0.25, 0.3) is 0 Å². The maximum absolute atomic E-state index is 10.4. The standard InChI is InChI=1S/C11H23N3O2/c12-11(15)10-16-9-3-1-2-6-14-7-4-13-5-8-14/h13H,1-10H2,(H2,12,15). The topological polar surface area (TPSA) is 67.6 Å². The minimum Gasteiger partial charge on any atom is -0.372 e. The normalized spacial score (nSPS) is 17.5. The molecule has 5 heteroatoms. The highest BCUT2D eigenvalue weighted by Gasteiger charge is 2.07. The monoisotopic (exact) mass is 229 g/mol. The Labute approximate surface area is 97.3 Å². The van der Waals surface area contributed by atoms with Crippen molar-refractivity contribution in [2.24, 2.45) is 5.73 Å². The molecule has 1 aliphatic heterocycles. The molecule has 1 saturated heterocycles. The fraction of sp³-hybridized carbons (Fsp3) is 0.909. The summed E-state index contributed by atoms with van der Waals surface area (Å²) < 4.78 is 5.09. The van der Waals surface area contributed by atoms with E-state index in [0.29, 0.717) is 6.61 Å². The summed E-state index contributed by atoms with van der Waals surface area (Å²) >= 11 is 0. The second-order valence-electron chi connectivity index (χ2n) is 4.17. The first-order chi connectivity index (χ1) is 7.79. The van der Waals surface area contributed by atoms with E-state index in [1.807, 2.05) is 0 Å². The van der Waals surface area contributed by atoms with Gasteiger partial charge >= 0.3 is 0 Å². The Hall–Kier alpha value is -0.650. The molecule has 1 aliphatic rings. The van der Waals surface area contributed by atoms with Gasteiger partial charge in [0, 0.05) is 32.8 Å². The van der Waals surface area contributed by atoms with Gasteiger partial charge in [0.1, 0.15) is 6.61 Å². The van der Waals surface area contributed by atoms with Crippen LogP contribution in [0.4, 0.5) is 0 Å². The molecule has 1 rings (SSSR count). The first-order valence-electron chi connectivity index (χ1n) is 6.08. The molecule has 1 heterocycles. The maximum Gasteiger partial charge on any atom is 0.243 e. The van der Waals surface area contributed by atoms with Crippen LogP contribution in [0, 0.1) is 0 Å². The average Bonchev–Trinajstić information content (AvgIpc) is 2.29. The number of nitrogens with one attached hydrogen (secondary N) is 1. The van der Waals surface area contributed by atoms with Crippen LogP contribution in [0.25, 0.3) is 0 Å². The Morgan fingerprint density at radius 1 is 1.25 bits per heavy atom. The third-order valence-electron chi connectivity index (χ3n) is 2.72. The number of rotatable bonds is 8. The van der Waals surface area contributed by atoms with E-state index in [1.54, 1.807) is 0 Å². The fourth-order valence-corrected chi connectivity index (χ4v) is 1.82. The Morgan fingerprint density at radius 3 is 2.69 bits per heavy atom. The van der Waals surface area contributed by atoms with Gasteiger partial charge in [-0.1, -0.05) is 0 Å². The number of carbonyl (C=O) groups excluding carboxylic acids is 1. The minimum absolute atomic E-state index is 0.0534. The van der Waals surface area contributed by atoms with Crippen LogP contribution in [-0.4, -0.2) is 56.7 Å². The number of unbranched alkanes of at least 4 members (excludes halogenated alkanes) is 2. The van der Waals surface area contributed by atoms with Crippen LogP contribution < -0.4 is 11.1 Å². The molecular formula is C11H23N3O2. The number of ether oxygens (including phenoxy) is 1. The van der Waals surface area contributed by atoms with E-state index in [9.17, 15) is 4.79 Å². The van der Waals surface area contributed by atoms with Crippen LogP contribution >= 0.6 is 0 Å². The number of hydrogen-bond donors (Lipinski definition) is 2. The lowest BCUT2D eigenvalue weighted by molar-refractivity contribution is -0.122. The molecule has 5 nitrogen and oxygen atoms in total. The quantitative estimate of drug-likeness (QED) is 0.554. The molecule has 16 heavy (non-hydrogen) atoms. The number of hydrogen-bond acceptors (Lipinski definition) is 4. The first-order valence-corrected chi connectivity index (χ1v) is 6.08. The van der Waals surface area contributed by atoms with Crippen molar-refractivity contribution in [1.82, 2.24) is 10.2 Å². The molecule has 0 bridgehead atoms. The summed E-state index contributed by atoms with van der Waals surface area (Å²) in [5.41, 5.74) is 4.95. The number of nitrogens with two attached hydrogens (primary N) is 1. The summed E-state index contributed by atoms with van der Waals surface area (Å²) in [6.07, 6.45) is 3.38. The van der Waals surface area contributed by atoms with Crippen LogP contribution in [0.15, 0.2) is 0 Å². The van der Waals surface area contributed by atoms with Crippen molar-refractivity contribution in [3.63, 3.8) is 0 Å². The molecular weight excluding hydrogens is 206 g/mol. The zero-order valence-corrected chi connectivity index (χ0v) is 9.91. The Bertz CT molecular complexity index is 194. The largest absolute Gasteiger partial charge is 0.372 e. The second kappa shape index (κ2) is 8.50. The molecule has 0 unspecified atom stereocenters. The molecule has 0 aliphatic carbocycles. The summed E-state index contributed by atoms with van der Waals surface area (Å²) in [5, 5.41) is 3.34. The number of carbonyl (C=O) groups is 1. The lowest BCUT2D eigenvalue weighted by Gasteiger charge is -2.26. The Kier molecular flexibility index (Phi) is 7.12. The van der Waals surface area contributed by atoms with Crippen molar-refractivity contribution in [3.8, 4) is 0 Å². The van der Waals surface area contributed by atoms with Gasteiger partial charge in [0.05, 0.1) is 0 Å². The third-order valence-corrected chi connectivity index (χ3v) is 2.72. The minimum atomic E-state index is -0.388. The van der Waals surface area contributed by atoms with Crippen LogP contribution in [0.5, 0.6) is 0 Å². The molecule has 0 aromatic carbocycles. The van der Waals surface area contributed by atoms with E-state index < -0.39 is 0 Å². The van der Waals surface area contributed by atoms with E-state index in [1.165, 1.54) is 13.0 Å². The zero-order valence-electron chi connectivity index (χ0n) is 9.91. The summed E-state index contributed by atoms with van der Waals surface area (Å²) in [6, 6.07) is 0. The first kappa shape index (κ1) is 13.4. The molecule has 1 fully saturated rings. The molecule has 0 aromatic heterocycles. The number of primary amides is 1. The van der Waals surface area contributed by atoms with Crippen molar-refractivity contribution < 1.29 is 9.53 Å². The van der Waals surface area contributed by atoms with Crippen molar-refractivity contribution in [2.75, 3.05) is 45.9 Å². The highest BCUT2D eigenvalue weighted by molar-refractivity contribution is 5.74. The van der Waals surface area contributed by atoms with Gasteiger partial charge in [-0.2, -0.15) is 0 Å². The van der Waals surface area contributed by atoms with Crippen LogP contribution in [0.3, 0.4) is 0 Å². The van der Waals surface area contributed by atoms with Crippen molar-refractivity contribution in [3.05, 3.63) is 0 Å². The molecule has 0 radical (unpaired) electrons. The lowest BCUT2D eigenvalue weighted by atomic mass is 10.2. The molecule has 3 N–H and O–H groups in total. The van der Waals surface area contributed by atoms with Gasteiger partial charge in [-0.15, -0.1) is 0 Å². The summed E-state index contributed by atoms with van der Waals surface area (Å²) in [7, 11) is 0. The fourth-order valence-electron chi connectivity index (χ4n) is 1.82. The molecule has 0 saturated carbocycles. The Morgan fingerprint density at radius 2 is 2.00 bits per heavy atom. The van der Waals surface area contributed by atoms with Crippen molar-refractivity contribution in [1.29, 1.82) is 0 Å². The molecule has 0 atom stereocenters. The number of amides is 1. The van der Waals surface area contributed by atoms with Gasteiger partial charge in [-0.05, 0) is 25.8 Å². The maximum atomic E-state index is 10.4. The summed E-state index contributed by atoms with van der Waals surface area (Å²) in [5.74, 6) is -0.388. The van der Waals surface area contributed by atoms with Crippen LogP contribution in [0.2, 0.25) is 0 Å². The zero-order chi connectivity index (χ0) is 11.6. The van der Waals surface area contributed by atoms with Crippen molar-refractivity contribution in [2.45, 2.75) is 19.3 Å².